The Hall–Kier alpha value is -1.67. The van der Waals surface area contributed by atoms with Gasteiger partial charge in [-0.25, -0.2) is 4.21 Å². The molecule has 0 amide bonds. The lowest BCUT2D eigenvalue weighted by atomic mass is 10.1. The molecule has 0 heterocycles. The van der Waals surface area contributed by atoms with E-state index in [1.807, 2.05) is 54.6 Å². The Morgan fingerprint density at radius 3 is 2.25 bits per heavy atom. The highest BCUT2D eigenvalue weighted by atomic mass is 32.2. The number of rotatable bonds is 3. The molecule has 1 nitrogen and oxygen atoms in total. The fraction of sp³-hybridized carbons (Fsp3) is 0. The van der Waals surface area contributed by atoms with Gasteiger partial charge in [0.15, 0.2) is 0 Å². The SMILES string of the molecule is C=CS(=O)c1ccccc1-c1ccccc1. The van der Waals surface area contributed by atoms with Crippen LogP contribution in [0.25, 0.3) is 11.1 Å². The molecular weight excluding hydrogens is 216 g/mol. The van der Waals surface area contributed by atoms with Crippen LogP contribution in [0.1, 0.15) is 0 Å². The maximum absolute atomic E-state index is 11.8. The van der Waals surface area contributed by atoms with E-state index < -0.39 is 10.8 Å². The normalized spacial score (nSPS) is 12.0. The molecule has 0 fully saturated rings. The average Bonchev–Trinajstić information content (AvgIpc) is 2.39. The second-order valence-corrected chi connectivity index (χ2v) is 4.69. The van der Waals surface area contributed by atoms with Gasteiger partial charge in [-0.15, -0.1) is 0 Å². The summed E-state index contributed by atoms with van der Waals surface area (Å²) in [6.45, 7) is 3.57. The van der Waals surface area contributed by atoms with Crippen LogP contribution in [-0.2, 0) is 10.8 Å². The first-order valence-electron chi connectivity index (χ1n) is 5.00. The molecule has 0 aliphatic rings. The van der Waals surface area contributed by atoms with Gasteiger partial charge in [-0.1, -0.05) is 55.1 Å². The monoisotopic (exact) mass is 228 g/mol. The maximum Gasteiger partial charge on any atom is 0.0776 e. The zero-order chi connectivity index (χ0) is 11.4. The molecule has 16 heavy (non-hydrogen) atoms. The third-order valence-corrected chi connectivity index (χ3v) is 3.43. The minimum atomic E-state index is -1.14. The van der Waals surface area contributed by atoms with Crippen LogP contribution in [0, 0.1) is 0 Å². The van der Waals surface area contributed by atoms with E-state index in [0.29, 0.717) is 0 Å². The second kappa shape index (κ2) is 4.90. The van der Waals surface area contributed by atoms with Crippen molar-refractivity contribution < 1.29 is 4.21 Å². The maximum atomic E-state index is 11.8. The minimum absolute atomic E-state index is 0.809. The van der Waals surface area contributed by atoms with Crippen LogP contribution in [0.5, 0.6) is 0 Å². The van der Waals surface area contributed by atoms with E-state index >= 15 is 0 Å². The highest BCUT2D eigenvalue weighted by molar-refractivity contribution is 7.88. The Morgan fingerprint density at radius 2 is 1.56 bits per heavy atom. The first kappa shape index (κ1) is 10.8. The molecule has 2 rings (SSSR count). The van der Waals surface area contributed by atoms with Crippen molar-refractivity contribution in [3.8, 4) is 11.1 Å². The molecule has 0 aliphatic carbocycles. The third-order valence-electron chi connectivity index (χ3n) is 2.34. The molecule has 0 aliphatic heterocycles. The van der Waals surface area contributed by atoms with Gasteiger partial charge >= 0.3 is 0 Å². The number of hydrogen-bond acceptors (Lipinski definition) is 1. The van der Waals surface area contributed by atoms with Crippen LogP contribution in [0.15, 0.2) is 71.5 Å². The van der Waals surface area contributed by atoms with Crippen molar-refractivity contribution in [2.75, 3.05) is 0 Å². The van der Waals surface area contributed by atoms with Crippen molar-refractivity contribution in [3.05, 3.63) is 66.6 Å². The van der Waals surface area contributed by atoms with Crippen molar-refractivity contribution in [2.24, 2.45) is 0 Å². The molecule has 0 N–H and O–H groups in total. The van der Waals surface area contributed by atoms with Crippen LogP contribution in [-0.4, -0.2) is 4.21 Å². The van der Waals surface area contributed by atoms with Gasteiger partial charge in [-0.05, 0) is 17.2 Å². The van der Waals surface area contributed by atoms with Gasteiger partial charge in [0, 0.05) is 5.41 Å². The van der Waals surface area contributed by atoms with Crippen molar-refractivity contribution in [1.82, 2.24) is 0 Å². The van der Waals surface area contributed by atoms with Crippen LogP contribution < -0.4 is 0 Å². The highest BCUT2D eigenvalue weighted by Gasteiger charge is 2.07. The van der Waals surface area contributed by atoms with E-state index in [1.54, 1.807) is 0 Å². The summed E-state index contributed by atoms with van der Waals surface area (Å²) in [5, 5.41) is 1.46. The Kier molecular flexibility index (Phi) is 3.32. The van der Waals surface area contributed by atoms with E-state index in [-0.39, 0.29) is 0 Å². The molecule has 0 aromatic heterocycles. The summed E-state index contributed by atoms with van der Waals surface area (Å²) in [7, 11) is -1.14. The fourth-order valence-corrected chi connectivity index (χ4v) is 2.38. The summed E-state index contributed by atoms with van der Waals surface area (Å²) in [5.74, 6) is 0. The standard InChI is InChI=1S/C14H12OS/c1-2-16(15)14-11-7-6-10-13(14)12-8-4-3-5-9-12/h2-11H,1H2. The van der Waals surface area contributed by atoms with Gasteiger partial charge in [0.05, 0.1) is 15.7 Å². The van der Waals surface area contributed by atoms with Crippen LogP contribution in [0.4, 0.5) is 0 Å². The second-order valence-electron chi connectivity index (χ2n) is 3.33. The molecule has 0 bridgehead atoms. The Balaban J connectivity index is 2.57. The summed E-state index contributed by atoms with van der Waals surface area (Å²) >= 11 is 0. The highest BCUT2D eigenvalue weighted by Crippen LogP contribution is 2.26. The molecule has 0 spiro atoms. The van der Waals surface area contributed by atoms with Crippen molar-refractivity contribution in [2.45, 2.75) is 4.90 Å². The third kappa shape index (κ3) is 2.12. The number of benzene rings is 2. The van der Waals surface area contributed by atoms with Crippen LogP contribution >= 0.6 is 0 Å². The largest absolute Gasteiger partial charge is 0.250 e. The van der Waals surface area contributed by atoms with E-state index in [1.165, 1.54) is 5.41 Å². The Bertz CT molecular complexity index is 517. The van der Waals surface area contributed by atoms with Gasteiger partial charge in [0.25, 0.3) is 0 Å². The van der Waals surface area contributed by atoms with E-state index in [4.69, 9.17) is 0 Å². The number of hydrogen-bond donors (Lipinski definition) is 0. The predicted molar refractivity (Wildman–Crippen MR) is 68.5 cm³/mol. The van der Waals surface area contributed by atoms with Crippen molar-refractivity contribution in [1.29, 1.82) is 0 Å². The lowest BCUT2D eigenvalue weighted by molar-refractivity contribution is 0.688. The smallest absolute Gasteiger partial charge is 0.0776 e. The molecule has 1 atom stereocenters. The molecule has 0 saturated heterocycles. The summed E-state index contributed by atoms with van der Waals surface area (Å²) in [4.78, 5) is 0.809. The van der Waals surface area contributed by atoms with Gasteiger partial charge in [0.2, 0.25) is 0 Å². The molecule has 2 heteroatoms. The van der Waals surface area contributed by atoms with Gasteiger partial charge in [0.1, 0.15) is 0 Å². The molecule has 2 aromatic rings. The van der Waals surface area contributed by atoms with Gasteiger partial charge < -0.3 is 0 Å². The Morgan fingerprint density at radius 1 is 0.938 bits per heavy atom. The lowest BCUT2D eigenvalue weighted by Crippen LogP contribution is -1.90. The summed E-state index contributed by atoms with van der Waals surface area (Å²) < 4.78 is 11.8. The first-order chi connectivity index (χ1) is 7.83. The lowest BCUT2D eigenvalue weighted by Gasteiger charge is -2.06. The van der Waals surface area contributed by atoms with E-state index in [2.05, 4.69) is 6.58 Å². The van der Waals surface area contributed by atoms with Gasteiger partial charge in [-0.3, -0.25) is 0 Å². The van der Waals surface area contributed by atoms with E-state index in [0.717, 1.165) is 16.0 Å². The quantitative estimate of drug-likeness (QED) is 0.784. The average molecular weight is 228 g/mol. The van der Waals surface area contributed by atoms with Gasteiger partial charge in [-0.2, -0.15) is 0 Å². The Labute approximate surface area is 97.9 Å². The molecule has 2 aromatic carbocycles. The van der Waals surface area contributed by atoms with Crippen LogP contribution in [0.3, 0.4) is 0 Å². The topological polar surface area (TPSA) is 17.1 Å². The molecule has 1 unspecified atom stereocenters. The summed E-state index contributed by atoms with van der Waals surface area (Å²) in [6, 6.07) is 17.6. The first-order valence-corrected chi connectivity index (χ1v) is 6.22. The molecule has 0 radical (unpaired) electrons. The van der Waals surface area contributed by atoms with Crippen LogP contribution in [0.2, 0.25) is 0 Å². The zero-order valence-corrected chi connectivity index (χ0v) is 9.61. The fourth-order valence-electron chi connectivity index (χ4n) is 1.59. The van der Waals surface area contributed by atoms with E-state index in [9.17, 15) is 4.21 Å². The van der Waals surface area contributed by atoms with Crippen molar-refractivity contribution >= 4 is 10.8 Å². The summed E-state index contributed by atoms with van der Waals surface area (Å²) in [6.07, 6.45) is 0. The molecule has 80 valence electrons. The molecular formula is C14H12OS. The summed E-state index contributed by atoms with van der Waals surface area (Å²) in [5.41, 5.74) is 2.08. The predicted octanol–water partition coefficient (Wildman–Crippen LogP) is 3.60. The minimum Gasteiger partial charge on any atom is -0.250 e. The van der Waals surface area contributed by atoms with Crippen molar-refractivity contribution in [3.63, 3.8) is 0 Å². The molecule has 0 saturated carbocycles. The zero-order valence-electron chi connectivity index (χ0n) is 8.80.